The first-order chi connectivity index (χ1) is 10.0. The number of hydrogen-bond acceptors (Lipinski definition) is 4. The Morgan fingerprint density at radius 3 is 2.29 bits per heavy atom. The third kappa shape index (κ3) is 3.83. The molecule has 4 nitrogen and oxygen atoms in total. The lowest BCUT2D eigenvalue weighted by atomic mass is 9.83. The highest BCUT2D eigenvalue weighted by atomic mass is 16.5. The summed E-state index contributed by atoms with van der Waals surface area (Å²) >= 11 is 0. The second kappa shape index (κ2) is 8.15. The molecule has 0 spiro atoms. The Labute approximate surface area is 128 Å². The van der Waals surface area contributed by atoms with Crippen LogP contribution in [0.2, 0.25) is 0 Å². The average Bonchev–Trinajstić information content (AvgIpc) is 2.49. The molecule has 4 heteroatoms. The zero-order chi connectivity index (χ0) is 15.9. The highest BCUT2D eigenvalue weighted by molar-refractivity contribution is 6.05. The second-order valence-corrected chi connectivity index (χ2v) is 5.30. The first kappa shape index (κ1) is 17.7. The molecule has 0 unspecified atom stereocenters. The molecule has 0 aromatic heterocycles. The molecule has 0 amide bonds. The Balaban J connectivity index is 3.11. The number of likely N-dealkylation sites (N-methyl/N-ethyl adjacent to an activating group) is 1. The van der Waals surface area contributed by atoms with Crippen molar-refractivity contribution in [2.75, 3.05) is 34.4 Å². The maximum Gasteiger partial charge on any atom is 0.186 e. The van der Waals surface area contributed by atoms with Crippen LogP contribution in [0.3, 0.4) is 0 Å². The Morgan fingerprint density at radius 1 is 1.14 bits per heavy atom. The lowest BCUT2D eigenvalue weighted by Crippen LogP contribution is -2.50. The van der Waals surface area contributed by atoms with Crippen molar-refractivity contribution in [1.29, 1.82) is 0 Å². The maximum absolute atomic E-state index is 13.1. The monoisotopic (exact) mass is 293 g/mol. The lowest BCUT2D eigenvalue weighted by molar-refractivity contribution is 0.0650. The minimum absolute atomic E-state index is 0.116. The number of nitrogens with zero attached hydrogens (tertiary/aromatic N) is 1. The van der Waals surface area contributed by atoms with Crippen molar-refractivity contribution in [2.24, 2.45) is 0 Å². The Bertz CT molecular complexity index is 453. The molecule has 0 aliphatic rings. The number of methoxy groups -OCH3 is 1. The van der Waals surface area contributed by atoms with E-state index in [0.717, 1.165) is 12.8 Å². The molecule has 21 heavy (non-hydrogen) atoms. The van der Waals surface area contributed by atoms with E-state index in [1.165, 1.54) is 0 Å². The predicted octanol–water partition coefficient (Wildman–Crippen LogP) is 3.01. The minimum Gasteiger partial charge on any atom is -0.490 e. The van der Waals surface area contributed by atoms with Crippen molar-refractivity contribution >= 4 is 5.78 Å². The fourth-order valence-corrected chi connectivity index (χ4v) is 2.67. The lowest BCUT2D eigenvalue weighted by Gasteiger charge is -2.37. The summed E-state index contributed by atoms with van der Waals surface area (Å²) in [4.78, 5) is 15.1. The molecule has 1 aromatic rings. The first-order valence-electron chi connectivity index (χ1n) is 7.46. The van der Waals surface area contributed by atoms with Gasteiger partial charge in [0.25, 0.3) is 0 Å². The van der Waals surface area contributed by atoms with Crippen molar-refractivity contribution in [3.63, 3.8) is 0 Å². The van der Waals surface area contributed by atoms with Gasteiger partial charge >= 0.3 is 0 Å². The number of carbonyl (C=O) groups excluding carboxylic acids is 1. The number of Topliss-reactive ketones (excluding diaryl/α,β-unsaturated/α-hetero) is 1. The molecule has 1 rings (SSSR count). The molecular formula is C17H27NO3. The largest absolute Gasteiger partial charge is 0.490 e. The van der Waals surface area contributed by atoms with Crippen LogP contribution in [0.1, 0.15) is 37.0 Å². The summed E-state index contributed by atoms with van der Waals surface area (Å²) in [5, 5.41) is 0. The van der Waals surface area contributed by atoms with E-state index in [0.29, 0.717) is 24.5 Å². The van der Waals surface area contributed by atoms with E-state index in [9.17, 15) is 4.79 Å². The summed E-state index contributed by atoms with van der Waals surface area (Å²) in [6.07, 6.45) is 1.53. The molecule has 0 heterocycles. The van der Waals surface area contributed by atoms with Crippen LogP contribution in [0, 0.1) is 0 Å². The first-order valence-corrected chi connectivity index (χ1v) is 7.46. The number of benzene rings is 1. The van der Waals surface area contributed by atoms with Gasteiger partial charge in [0.15, 0.2) is 5.78 Å². The van der Waals surface area contributed by atoms with Crippen LogP contribution in [0.25, 0.3) is 0 Å². The number of rotatable bonds is 9. The second-order valence-electron chi connectivity index (χ2n) is 5.30. The van der Waals surface area contributed by atoms with E-state index >= 15 is 0 Å². The van der Waals surface area contributed by atoms with Gasteiger partial charge in [-0.1, -0.05) is 26.0 Å². The third-order valence-corrected chi connectivity index (χ3v) is 4.13. The molecule has 0 bridgehead atoms. The summed E-state index contributed by atoms with van der Waals surface area (Å²) in [6.45, 7) is 5.04. The van der Waals surface area contributed by atoms with E-state index < -0.39 is 5.54 Å². The smallest absolute Gasteiger partial charge is 0.186 e. The molecule has 1 aromatic carbocycles. The van der Waals surface area contributed by atoms with Gasteiger partial charge in [-0.15, -0.1) is 0 Å². The zero-order valence-corrected chi connectivity index (χ0v) is 13.8. The third-order valence-electron chi connectivity index (χ3n) is 4.13. The van der Waals surface area contributed by atoms with E-state index in [1.807, 2.05) is 43.3 Å². The topological polar surface area (TPSA) is 38.8 Å². The SMILES string of the molecule is CCC(CC)(C(=O)c1ccccc1OCCOC)N(C)C. The van der Waals surface area contributed by atoms with E-state index in [-0.39, 0.29) is 5.78 Å². The summed E-state index contributed by atoms with van der Waals surface area (Å²) in [5.41, 5.74) is 0.159. The molecular weight excluding hydrogens is 266 g/mol. The van der Waals surface area contributed by atoms with Crippen LogP contribution < -0.4 is 4.74 Å². The number of ketones is 1. The highest BCUT2D eigenvalue weighted by Gasteiger charge is 2.38. The zero-order valence-electron chi connectivity index (χ0n) is 13.8. The van der Waals surface area contributed by atoms with Crippen LogP contribution in [0.5, 0.6) is 5.75 Å². The molecule has 0 saturated heterocycles. The Kier molecular flexibility index (Phi) is 6.85. The van der Waals surface area contributed by atoms with Crippen LogP contribution in [0.15, 0.2) is 24.3 Å². The summed E-state index contributed by atoms with van der Waals surface area (Å²) in [7, 11) is 5.55. The Hall–Kier alpha value is -1.39. The predicted molar refractivity (Wildman–Crippen MR) is 85.1 cm³/mol. The minimum atomic E-state index is -0.485. The number of carbonyl (C=O) groups is 1. The number of ether oxygens (including phenoxy) is 2. The van der Waals surface area contributed by atoms with Gasteiger partial charge in [0.1, 0.15) is 12.4 Å². The number of para-hydroxylation sites is 1. The fourth-order valence-electron chi connectivity index (χ4n) is 2.67. The molecule has 0 N–H and O–H groups in total. The van der Waals surface area contributed by atoms with Crippen LogP contribution in [-0.4, -0.2) is 50.6 Å². The van der Waals surface area contributed by atoms with Gasteiger partial charge in [-0.3, -0.25) is 9.69 Å². The van der Waals surface area contributed by atoms with Crippen molar-refractivity contribution in [3.05, 3.63) is 29.8 Å². The molecule has 118 valence electrons. The van der Waals surface area contributed by atoms with Gasteiger partial charge in [0.05, 0.1) is 17.7 Å². The standard InChI is InChI=1S/C17H27NO3/c1-6-17(7-2,18(3)4)16(19)14-10-8-9-11-15(14)21-13-12-20-5/h8-11H,6-7,12-13H2,1-5H3. The quantitative estimate of drug-likeness (QED) is 0.518. The number of hydrogen-bond donors (Lipinski definition) is 0. The van der Waals surface area contributed by atoms with Crippen LogP contribution in [0.4, 0.5) is 0 Å². The van der Waals surface area contributed by atoms with E-state index in [4.69, 9.17) is 9.47 Å². The van der Waals surface area contributed by atoms with Gasteiger partial charge < -0.3 is 9.47 Å². The fraction of sp³-hybridized carbons (Fsp3) is 0.588. The maximum atomic E-state index is 13.1. The summed E-state index contributed by atoms with van der Waals surface area (Å²) < 4.78 is 10.7. The summed E-state index contributed by atoms with van der Waals surface area (Å²) in [6, 6.07) is 7.44. The Morgan fingerprint density at radius 2 is 1.76 bits per heavy atom. The highest BCUT2D eigenvalue weighted by Crippen LogP contribution is 2.30. The van der Waals surface area contributed by atoms with Gasteiger partial charge in [-0.2, -0.15) is 0 Å². The van der Waals surface area contributed by atoms with E-state index in [2.05, 4.69) is 13.8 Å². The van der Waals surface area contributed by atoms with Gasteiger partial charge in [0, 0.05) is 7.11 Å². The molecule has 0 saturated carbocycles. The molecule has 0 radical (unpaired) electrons. The van der Waals surface area contributed by atoms with Crippen molar-refractivity contribution in [1.82, 2.24) is 4.90 Å². The molecule has 0 aliphatic heterocycles. The molecule has 0 aliphatic carbocycles. The van der Waals surface area contributed by atoms with Crippen LogP contribution >= 0.6 is 0 Å². The van der Waals surface area contributed by atoms with Gasteiger partial charge in [-0.25, -0.2) is 0 Å². The van der Waals surface area contributed by atoms with Crippen molar-refractivity contribution in [3.8, 4) is 5.75 Å². The summed E-state index contributed by atoms with van der Waals surface area (Å²) in [5.74, 6) is 0.748. The normalized spacial score (nSPS) is 11.7. The van der Waals surface area contributed by atoms with Crippen LogP contribution in [-0.2, 0) is 4.74 Å². The molecule has 0 fully saturated rings. The van der Waals surface area contributed by atoms with E-state index in [1.54, 1.807) is 7.11 Å². The van der Waals surface area contributed by atoms with Gasteiger partial charge in [-0.05, 0) is 39.1 Å². The average molecular weight is 293 g/mol. The van der Waals surface area contributed by atoms with Crippen molar-refractivity contribution in [2.45, 2.75) is 32.2 Å². The van der Waals surface area contributed by atoms with Crippen molar-refractivity contribution < 1.29 is 14.3 Å². The molecule has 0 atom stereocenters. The van der Waals surface area contributed by atoms with Gasteiger partial charge in [0.2, 0.25) is 0 Å².